The van der Waals surface area contributed by atoms with Crippen molar-refractivity contribution in [2.24, 2.45) is 0 Å². The molecule has 1 aromatic heterocycles. The second kappa shape index (κ2) is 5.64. The Balaban J connectivity index is 2.99. The average Bonchev–Trinajstić information content (AvgIpc) is 2.35. The van der Waals surface area contributed by atoms with E-state index in [1.165, 1.54) is 0 Å². The van der Waals surface area contributed by atoms with Crippen LogP contribution in [0.5, 0.6) is 0 Å². The monoisotopic (exact) mass is 342 g/mol. The average molecular weight is 343 g/mol. The number of nitrogens with zero attached hydrogens (tertiary/aromatic N) is 1. The van der Waals surface area contributed by atoms with Crippen molar-refractivity contribution in [3.8, 4) is 0 Å². The predicted octanol–water partition coefficient (Wildman–Crippen LogP) is 5.14. The SMILES string of the molecule is CCNc1c(C(C)C)c(C)nc2c(F)cc(Br)c(F)c12. The Morgan fingerprint density at radius 1 is 1.35 bits per heavy atom. The van der Waals surface area contributed by atoms with Crippen molar-refractivity contribution in [2.45, 2.75) is 33.6 Å². The van der Waals surface area contributed by atoms with E-state index in [2.05, 4.69) is 26.2 Å². The summed E-state index contributed by atoms with van der Waals surface area (Å²) in [4.78, 5) is 4.27. The summed E-state index contributed by atoms with van der Waals surface area (Å²) in [5.41, 5.74) is 2.37. The van der Waals surface area contributed by atoms with Crippen LogP contribution in [0.15, 0.2) is 10.5 Å². The van der Waals surface area contributed by atoms with Crippen molar-refractivity contribution < 1.29 is 8.78 Å². The van der Waals surface area contributed by atoms with E-state index in [1.54, 1.807) is 0 Å². The van der Waals surface area contributed by atoms with Crippen LogP contribution in [-0.4, -0.2) is 11.5 Å². The number of hydrogen-bond acceptors (Lipinski definition) is 2. The molecule has 1 N–H and O–H groups in total. The first-order valence-corrected chi connectivity index (χ1v) is 7.39. The number of aryl methyl sites for hydroxylation is 1. The standard InChI is InChI=1S/C15H17BrF2N2/c1-5-19-15-11(7(2)3)8(4)20-14-10(17)6-9(16)13(18)12(14)15/h6-7H,5H2,1-4H3,(H,19,20). The highest BCUT2D eigenvalue weighted by Gasteiger charge is 2.21. The summed E-state index contributed by atoms with van der Waals surface area (Å²) >= 11 is 3.06. The first-order chi connectivity index (χ1) is 9.38. The molecule has 0 bridgehead atoms. The molecule has 0 unspecified atom stereocenters. The molecule has 5 heteroatoms. The molecule has 20 heavy (non-hydrogen) atoms. The molecule has 2 rings (SSSR count). The van der Waals surface area contributed by atoms with Gasteiger partial charge in [0.1, 0.15) is 11.3 Å². The summed E-state index contributed by atoms with van der Waals surface area (Å²) in [5.74, 6) is -0.833. The van der Waals surface area contributed by atoms with Gasteiger partial charge in [0.15, 0.2) is 5.82 Å². The number of fused-ring (bicyclic) bond motifs is 1. The van der Waals surface area contributed by atoms with Crippen molar-refractivity contribution in [3.05, 3.63) is 33.4 Å². The van der Waals surface area contributed by atoms with Gasteiger partial charge in [-0.2, -0.15) is 0 Å². The van der Waals surface area contributed by atoms with Gasteiger partial charge in [-0.15, -0.1) is 0 Å². The second-order valence-corrected chi connectivity index (χ2v) is 5.90. The molecule has 0 fully saturated rings. The molecular formula is C15H17BrF2N2. The zero-order valence-electron chi connectivity index (χ0n) is 11.9. The number of pyridine rings is 1. The maximum absolute atomic E-state index is 14.4. The van der Waals surface area contributed by atoms with Crippen molar-refractivity contribution in [1.29, 1.82) is 0 Å². The first-order valence-electron chi connectivity index (χ1n) is 6.60. The molecule has 0 aliphatic carbocycles. The van der Waals surface area contributed by atoms with E-state index in [0.29, 0.717) is 12.2 Å². The van der Waals surface area contributed by atoms with Gasteiger partial charge in [0.05, 0.1) is 15.5 Å². The van der Waals surface area contributed by atoms with Crippen LogP contribution in [0.2, 0.25) is 0 Å². The first kappa shape index (κ1) is 15.2. The summed E-state index contributed by atoms with van der Waals surface area (Å²) < 4.78 is 28.6. The quantitative estimate of drug-likeness (QED) is 0.781. The highest BCUT2D eigenvalue weighted by atomic mass is 79.9. The molecular weight excluding hydrogens is 326 g/mol. The molecule has 0 aliphatic rings. The van der Waals surface area contributed by atoms with E-state index in [0.717, 1.165) is 17.3 Å². The Hall–Kier alpha value is -1.23. The summed E-state index contributed by atoms with van der Waals surface area (Å²) in [5, 5.41) is 3.38. The lowest BCUT2D eigenvalue weighted by atomic mass is 9.96. The normalized spacial score (nSPS) is 11.4. The molecule has 2 aromatic rings. The topological polar surface area (TPSA) is 24.9 Å². The van der Waals surface area contributed by atoms with Gasteiger partial charge in [0.2, 0.25) is 0 Å². The minimum atomic E-state index is -0.522. The lowest BCUT2D eigenvalue weighted by Crippen LogP contribution is -2.08. The van der Waals surface area contributed by atoms with Crippen molar-refractivity contribution >= 4 is 32.5 Å². The lowest BCUT2D eigenvalue weighted by molar-refractivity contribution is 0.609. The molecule has 0 radical (unpaired) electrons. The molecule has 0 amide bonds. The van der Waals surface area contributed by atoms with E-state index in [1.807, 2.05) is 27.7 Å². The van der Waals surface area contributed by atoms with Crippen LogP contribution in [0.25, 0.3) is 10.9 Å². The van der Waals surface area contributed by atoms with Crippen LogP contribution in [0.3, 0.4) is 0 Å². The summed E-state index contributed by atoms with van der Waals surface area (Å²) in [6.07, 6.45) is 0. The molecule has 0 saturated heterocycles. The van der Waals surface area contributed by atoms with Crippen molar-refractivity contribution in [3.63, 3.8) is 0 Å². The predicted molar refractivity (Wildman–Crippen MR) is 82.3 cm³/mol. The smallest absolute Gasteiger partial charge is 0.150 e. The highest BCUT2D eigenvalue weighted by Crippen LogP contribution is 2.38. The molecule has 0 atom stereocenters. The van der Waals surface area contributed by atoms with Gasteiger partial charge in [-0.25, -0.2) is 13.8 Å². The molecule has 2 nitrogen and oxygen atoms in total. The third-order valence-corrected chi connectivity index (χ3v) is 3.84. The minimum absolute atomic E-state index is 0.0727. The molecule has 0 saturated carbocycles. The molecule has 1 aromatic carbocycles. The van der Waals surface area contributed by atoms with Gasteiger partial charge in [-0.05, 0) is 47.3 Å². The number of halogens is 3. The Morgan fingerprint density at radius 2 is 2.00 bits per heavy atom. The number of aromatic nitrogens is 1. The number of nitrogens with one attached hydrogen (secondary N) is 1. The molecule has 0 aliphatic heterocycles. The number of rotatable bonds is 3. The van der Waals surface area contributed by atoms with E-state index < -0.39 is 11.6 Å². The fraction of sp³-hybridized carbons (Fsp3) is 0.400. The van der Waals surface area contributed by atoms with Crippen LogP contribution in [-0.2, 0) is 0 Å². The Labute approximate surface area is 125 Å². The summed E-state index contributed by atoms with van der Waals surface area (Å²) in [6.45, 7) is 8.42. The van der Waals surface area contributed by atoms with Gasteiger partial charge in [-0.3, -0.25) is 0 Å². The van der Waals surface area contributed by atoms with Gasteiger partial charge in [0.25, 0.3) is 0 Å². The van der Waals surface area contributed by atoms with Crippen LogP contribution in [0, 0.1) is 18.6 Å². The fourth-order valence-corrected chi connectivity index (χ4v) is 2.93. The van der Waals surface area contributed by atoms with Crippen LogP contribution < -0.4 is 5.32 Å². The second-order valence-electron chi connectivity index (χ2n) is 5.05. The third kappa shape index (κ3) is 2.39. The highest BCUT2D eigenvalue weighted by molar-refractivity contribution is 9.10. The Bertz CT molecular complexity index is 669. The maximum Gasteiger partial charge on any atom is 0.150 e. The van der Waals surface area contributed by atoms with Gasteiger partial charge in [-0.1, -0.05) is 13.8 Å². The lowest BCUT2D eigenvalue weighted by Gasteiger charge is -2.19. The zero-order chi connectivity index (χ0) is 15.0. The van der Waals surface area contributed by atoms with Crippen LogP contribution in [0.4, 0.5) is 14.5 Å². The van der Waals surface area contributed by atoms with Crippen molar-refractivity contribution in [1.82, 2.24) is 4.98 Å². The van der Waals surface area contributed by atoms with Gasteiger partial charge < -0.3 is 5.32 Å². The number of anilines is 1. The van der Waals surface area contributed by atoms with E-state index >= 15 is 0 Å². The molecule has 1 heterocycles. The fourth-order valence-electron chi connectivity index (χ4n) is 2.53. The Kier molecular flexibility index (Phi) is 4.28. The van der Waals surface area contributed by atoms with E-state index in [9.17, 15) is 8.78 Å². The Morgan fingerprint density at radius 3 is 2.55 bits per heavy atom. The number of hydrogen-bond donors (Lipinski definition) is 1. The van der Waals surface area contributed by atoms with Crippen molar-refractivity contribution in [2.75, 3.05) is 11.9 Å². The largest absolute Gasteiger partial charge is 0.384 e. The van der Waals surface area contributed by atoms with Crippen LogP contribution >= 0.6 is 15.9 Å². The minimum Gasteiger partial charge on any atom is -0.384 e. The summed E-state index contributed by atoms with van der Waals surface area (Å²) in [6, 6.07) is 1.12. The number of benzene rings is 1. The van der Waals surface area contributed by atoms with Gasteiger partial charge in [0, 0.05) is 12.2 Å². The van der Waals surface area contributed by atoms with Crippen LogP contribution in [0.1, 0.15) is 37.9 Å². The van der Waals surface area contributed by atoms with Gasteiger partial charge >= 0.3 is 0 Å². The van der Waals surface area contributed by atoms with E-state index in [-0.39, 0.29) is 21.3 Å². The molecule has 108 valence electrons. The third-order valence-electron chi connectivity index (χ3n) is 3.27. The zero-order valence-corrected chi connectivity index (χ0v) is 13.5. The molecule has 0 spiro atoms. The van der Waals surface area contributed by atoms with E-state index in [4.69, 9.17) is 0 Å². The maximum atomic E-state index is 14.4. The summed E-state index contributed by atoms with van der Waals surface area (Å²) in [7, 11) is 0.